The maximum absolute atomic E-state index is 11.6. The quantitative estimate of drug-likeness (QED) is 0.682. The average Bonchev–Trinajstić information content (AvgIpc) is 2.28. The minimum absolute atomic E-state index is 0.149. The first kappa shape index (κ1) is 15.1. The van der Waals surface area contributed by atoms with Gasteiger partial charge in [-0.05, 0) is 18.8 Å². The first-order valence-electron chi connectivity index (χ1n) is 6.08. The van der Waals surface area contributed by atoms with Crippen LogP contribution in [0.25, 0.3) is 0 Å². The highest BCUT2D eigenvalue weighted by molar-refractivity contribution is 5.85. The number of carbonyl (C=O) groups excluding carboxylic acids is 2. The monoisotopic (exact) mass is 228 g/mol. The van der Waals surface area contributed by atoms with Crippen molar-refractivity contribution in [3.63, 3.8) is 0 Å². The standard InChI is InChI=1S/C11H18O3.C2H6/c1-11(2)8(7-10(13)14-3)5-4-6-9(11)12;1-2/h8H,4-7H2,1-3H3;1-2H3. The van der Waals surface area contributed by atoms with Crippen molar-refractivity contribution in [1.29, 1.82) is 0 Å². The molecule has 0 N–H and O–H groups in total. The van der Waals surface area contributed by atoms with Crippen LogP contribution in [0.15, 0.2) is 0 Å². The van der Waals surface area contributed by atoms with E-state index in [2.05, 4.69) is 4.74 Å². The van der Waals surface area contributed by atoms with E-state index < -0.39 is 0 Å². The summed E-state index contributed by atoms with van der Waals surface area (Å²) in [6.07, 6.45) is 2.89. The number of rotatable bonds is 2. The van der Waals surface area contributed by atoms with Gasteiger partial charge in [0.05, 0.1) is 7.11 Å². The summed E-state index contributed by atoms with van der Waals surface area (Å²) < 4.78 is 4.63. The molecule has 0 aromatic carbocycles. The minimum Gasteiger partial charge on any atom is -0.469 e. The molecule has 0 heterocycles. The number of carbonyl (C=O) groups is 2. The molecule has 0 saturated heterocycles. The highest BCUT2D eigenvalue weighted by Crippen LogP contribution is 2.39. The fourth-order valence-electron chi connectivity index (χ4n) is 2.06. The normalized spacial score (nSPS) is 23.1. The molecule has 1 rings (SSSR count). The van der Waals surface area contributed by atoms with E-state index >= 15 is 0 Å². The van der Waals surface area contributed by atoms with Gasteiger partial charge in [0.1, 0.15) is 5.78 Å². The zero-order valence-corrected chi connectivity index (χ0v) is 11.1. The van der Waals surface area contributed by atoms with Crippen LogP contribution in [0.4, 0.5) is 0 Å². The molecule has 1 unspecified atom stereocenters. The van der Waals surface area contributed by atoms with E-state index in [-0.39, 0.29) is 23.1 Å². The van der Waals surface area contributed by atoms with Gasteiger partial charge in [-0.2, -0.15) is 0 Å². The molecule has 0 radical (unpaired) electrons. The molecule has 16 heavy (non-hydrogen) atoms. The zero-order chi connectivity index (χ0) is 12.8. The fraction of sp³-hybridized carbons (Fsp3) is 0.846. The van der Waals surface area contributed by atoms with Crippen molar-refractivity contribution in [3.8, 4) is 0 Å². The third-order valence-electron chi connectivity index (χ3n) is 3.34. The van der Waals surface area contributed by atoms with Gasteiger partial charge in [-0.25, -0.2) is 0 Å². The minimum atomic E-state index is -0.355. The van der Waals surface area contributed by atoms with Crippen LogP contribution in [0.3, 0.4) is 0 Å². The van der Waals surface area contributed by atoms with Crippen LogP contribution < -0.4 is 0 Å². The lowest BCUT2D eigenvalue weighted by Crippen LogP contribution is -2.38. The second-order valence-electron chi connectivity index (χ2n) is 4.51. The topological polar surface area (TPSA) is 43.4 Å². The maximum Gasteiger partial charge on any atom is 0.305 e. The highest BCUT2D eigenvalue weighted by atomic mass is 16.5. The molecular weight excluding hydrogens is 204 g/mol. The van der Waals surface area contributed by atoms with Gasteiger partial charge in [0.25, 0.3) is 0 Å². The first-order chi connectivity index (χ1) is 7.48. The number of hydrogen-bond donors (Lipinski definition) is 0. The van der Waals surface area contributed by atoms with Crippen LogP contribution in [0, 0.1) is 11.3 Å². The van der Waals surface area contributed by atoms with Gasteiger partial charge < -0.3 is 4.74 Å². The SMILES string of the molecule is CC.COC(=O)CC1CCCC(=O)C1(C)C. The summed E-state index contributed by atoms with van der Waals surface area (Å²) in [5.41, 5.74) is -0.355. The number of Topliss-reactive ketones (excluding diaryl/α,β-unsaturated/α-hetero) is 1. The number of esters is 1. The Labute approximate surface area is 98.6 Å². The van der Waals surface area contributed by atoms with Crippen LogP contribution in [0.1, 0.15) is 53.4 Å². The van der Waals surface area contributed by atoms with E-state index in [1.54, 1.807) is 0 Å². The second-order valence-corrected chi connectivity index (χ2v) is 4.51. The highest BCUT2D eigenvalue weighted by Gasteiger charge is 2.40. The van der Waals surface area contributed by atoms with Crippen molar-refractivity contribution in [2.24, 2.45) is 11.3 Å². The van der Waals surface area contributed by atoms with E-state index in [0.29, 0.717) is 12.8 Å². The number of ketones is 1. The summed E-state index contributed by atoms with van der Waals surface area (Å²) >= 11 is 0. The maximum atomic E-state index is 11.6. The fourth-order valence-corrected chi connectivity index (χ4v) is 2.06. The van der Waals surface area contributed by atoms with Crippen LogP contribution >= 0.6 is 0 Å². The Hall–Kier alpha value is -0.860. The Morgan fingerprint density at radius 1 is 1.44 bits per heavy atom. The summed E-state index contributed by atoms with van der Waals surface area (Å²) in [7, 11) is 1.39. The Balaban J connectivity index is 0.00000106. The third-order valence-corrected chi connectivity index (χ3v) is 3.34. The molecule has 0 amide bonds. The van der Waals surface area contributed by atoms with Gasteiger partial charge in [-0.15, -0.1) is 0 Å². The Bertz CT molecular complexity index is 244. The number of ether oxygens (including phenoxy) is 1. The van der Waals surface area contributed by atoms with Gasteiger partial charge in [-0.3, -0.25) is 9.59 Å². The lowest BCUT2D eigenvalue weighted by molar-refractivity contribution is -0.145. The smallest absolute Gasteiger partial charge is 0.305 e. The molecule has 1 saturated carbocycles. The molecule has 0 spiro atoms. The van der Waals surface area contributed by atoms with Gasteiger partial charge >= 0.3 is 5.97 Å². The Morgan fingerprint density at radius 2 is 2.00 bits per heavy atom. The number of hydrogen-bond acceptors (Lipinski definition) is 3. The lowest BCUT2D eigenvalue weighted by atomic mass is 9.67. The Kier molecular flexibility index (Phi) is 6.31. The molecule has 1 aliphatic rings. The molecule has 94 valence electrons. The molecule has 0 aliphatic heterocycles. The van der Waals surface area contributed by atoms with E-state index in [4.69, 9.17) is 0 Å². The molecule has 0 aromatic heterocycles. The van der Waals surface area contributed by atoms with E-state index in [9.17, 15) is 9.59 Å². The van der Waals surface area contributed by atoms with E-state index in [1.165, 1.54) is 7.11 Å². The molecule has 1 fully saturated rings. The van der Waals surface area contributed by atoms with Crippen LogP contribution in [-0.2, 0) is 14.3 Å². The molecular formula is C13H24O3. The predicted octanol–water partition coefficient (Wildman–Crippen LogP) is 2.97. The first-order valence-corrected chi connectivity index (χ1v) is 6.08. The summed E-state index contributed by atoms with van der Waals surface area (Å²) in [5.74, 6) is 0.214. The lowest BCUT2D eigenvalue weighted by Gasteiger charge is -2.36. The molecule has 1 atom stereocenters. The van der Waals surface area contributed by atoms with Crippen molar-refractivity contribution in [3.05, 3.63) is 0 Å². The van der Waals surface area contributed by atoms with E-state index in [0.717, 1.165) is 12.8 Å². The van der Waals surface area contributed by atoms with Gasteiger partial charge in [0.15, 0.2) is 0 Å². The van der Waals surface area contributed by atoms with Crippen LogP contribution in [0.2, 0.25) is 0 Å². The molecule has 1 aliphatic carbocycles. The Morgan fingerprint density at radius 3 is 2.50 bits per heavy atom. The van der Waals surface area contributed by atoms with Crippen molar-refractivity contribution < 1.29 is 14.3 Å². The second kappa shape index (κ2) is 6.66. The average molecular weight is 228 g/mol. The van der Waals surface area contributed by atoms with Crippen molar-refractivity contribution >= 4 is 11.8 Å². The largest absolute Gasteiger partial charge is 0.469 e. The van der Waals surface area contributed by atoms with Gasteiger partial charge in [0.2, 0.25) is 0 Å². The van der Waals surface area contributed by atoms with Crippen LogP contribution in [0.5, 0.6) is 0 Å². The number of methoxy groups -OCH3 is 1. The van der Waals surface area contributed by atoms with Crippen molar-refractivity contribution in [2.45, 2.75) is 53.4 Å². The van der Waals surface area contributed by atoms with Crippen molar-refractivity contribution in [1.82, 2.24) is 0 Å². The predicted molar refractivity (Wildman–Crippen MR) is 64.1 cm³/mol. The summed E-state index contributed by atoms with van der Waals surface area (Å²) in [4.78, 5) is 22.8. The molecule has 3 nitrogen and oxygen atoms in total. The molecule has 3 heteroatoms. The summed E-state index contributed by atoms with van der Waals surface area (Å²) in [6.45, 7) is 7.87. The molecule has 0 bridgehead atoms. The zero-order valence-electron chi connectivity index (χ0n) is 11.1. The van der Waals surface area contributed by atoms with Crippen molar-refractivity contribution in [2.75, 3.05) is 7.11 Å². The van der Waals surface area contributed by atoms with Gasteiger partial charge in [-0.1, -0.05) is 27.7 Å². The van der Waals surface area contributed by atoms with E-state index in [1.807, 2.05) is 27.7 Å². The summed E-state index contributed by atoms with van der Waals surface area (Å²) in [5, 5.41) is 0. The van der Waals surface area contributed by atoms with Gasteiger partial charge in [0, 0.05) is 18.3 Å². The van der Waals surface area contributed by atoms with Crippen LogP contribution in [-0.4, -0.2) is 18.9 Å². The summed E-state index contributed by atoms with van der Waals surface area (Å²) in [6, 6.07) is 0. The third kappa shape index (κ3) is 3.62. The molecule has 0 aromatic rings.